The molecule has 0 saturated carbocycles. The molecule has 0 aliphatic carbocycles. The topological polar surface area (TPSA) is 72.8 Å². The minimum atomic E-state index is -0.518. The highest BCUT2D eigenvalue weighted by Gasteiger charge is 2.07. The number of benzene rings is 1. The summed E-state index contributed by atoms with van der Waals surface area (Å²) in [5, 5.41) is 8.82. The summed E-state index contributed by atoms with van der Waals surface area (Å²) < 4.78 is 0.995. The molecule has 0 saturated heterocycles. The SMILES string of the molecule is CN(Cc1cccc(Br)c1)c1cc(C#N)[nH]c(=O)n1. The zero-order valence-electron chi connectivity index (χ0n) is 10.2. The Morgan fingerprint density at radius 3 is 2.95 bits per heavy atom. The quantitative estimate of drug-likeness (QED) is 0.940. The first-order valence-electron chi connectivity index (χ1n) is 5.55. The molecule has 0 bridgehead atoms. The lowest BCUT2D eigenvalue weighted by Gasteiger charge is -2.18. The lowest BCUT2D eigenvalue weighted by Crippen LogP contribution is -2.22. The number of hydrogen-bond acceptors (Lipinski definition) is 4. The van der Waals surface area contributed by atoms with Crippen LogP contribution in [0.25, 0.3) is 0 Å². The van der Waals surface area contributed by atoms with Crippen molar-refractivity contribution in [2.45, 2.75) is 6.54 Å². The van der Waals surface area contributed by atoms with E-state index >= 15 is 0 Å². The number of aromatic amines is 1. The molecule has 0 fully saturated rings. The molecule has 2 aromatic rings. The van der Waals surface area contributed by atoms with Crippen LogP contribution in [0, 0.1) is 11.3 Å². The van der Waals surface area contributed by atoms with Gasteiger partial charge in [0.25, 0.3) is 0 Å². The average molecular weight is 319 g/mol. The van der Waals surface area contributed by atoms with Crippen molar-refractivity contribution >= 4 is 21.7 Å². The molecule has 0 amide bonds. The minimum absolute atomic E-state index is 0.205. The van der Waals surface area contributed by atoms with E-state index < -0.39 is 5.69 Å². The number of nitrogens with zero attached hydrogens (tertiary/aromatic N) is 3. The fourth-order valence-electron chi connectivity index (χ4n) is 1.69. The van der Waals surface area contributed by atoms with Crippen molar-refractivity contribution in [3.63, 3.8) is 0 Å². The first-order valence-corrected chi connectivity index (χ1v) is 6.35. The summed E-state index contributed by atoms with van der Waals surface area (Å²) in [6.45, 7) is 0.598. The summed E-state index contributed by atoms with van der Waals surface area (Å²) in [7, 11) is 1.82. The van der Waals surface area contributed by atoms with Gasteiger partial charge in [-0.05, 0) is 17.7 Å². The van der Waals surface area contributed by atoms with Gasteiger partial charge < -0.3 is 4.90 Å². The van der Waals surface area contributed by atoms with Gasteiger partial charge in [0.2, 0.25) is 0 Å². The third-order valence-electron chi connectivity index (χ3n) is 2.55. The number of aromatic nitrogens is 2. The maximum absolute atomic E-state index is 11.3. The molecule has 0 aliphatic rings. The zero-order valence-corrected chi connectivity index (χ0v) is 11.8. The normalized spacial score (nSPS) is 9.95. The highest BCUT2D eigenvalue weighted by atomic mass is 79.9. The molecule has 1 aromatic heterocycles. The van der Waals surface area contributed by atoms with Gasteiger partial charge in [-0.25, -0.2) is 4.79 Å². The van der Waals surface area contributed by atoms with Crippen LogP contribution in [-0.2, 0) is 6.54 Å². The van der Waals surface area contributed by atoms with Gasteiger partial charge in [-0.1, -0.05) is 28.1 Å². The van der Waals surface area contributed by atoms with E-state index in [2.05, 4.69) is 25.9 Å². The Kier molecular flexibility index (Phi) is 3.97. The molecule has 0 atom stereocenters. The van der Waals surface area contributed by atoms with E-state index in [1.165, 1.54) is 0 Å². The summed E-state index contributed by atoms with van der Waals surface area (Å²) in [6, 6.07) is 11.3. The second kappa shape index (κ2) is 5.67. The van der Waals surface area contributed by atoms with Gasteiger partial charge >= 0.3 is 5.69 Å². The molecule has 1 heterocycles. The monoisotopic (exact) mass is 318 g/mol. The predicted octanol–water partition coefficient (Wildman–Crippen LogP) is 2.04. The average Bonchev–Trinajstić information content (AvgIpc) is 2.38. The first-order chi connectivity index (χ1) is 9.08. The highest BCUT2D eigenvalue weighted by molar-refractivity contribution is 9.10. The lowest BCUT2D eigenvalue weighted by molar-refractivity contribution is 0.877. The number of hydrogen-bond donors (Lipinski definition) is 1. The maximum Gasteiger partial charge on any atom is 0.347 e. The Hall–Kier alpha value is -2.13. The van der Waals surface area contributed by atoms with Crippen molar-refractivity contribution < 1.29 is 0 Å². The van der Waals surface area contributed by atoms with Crippen molar-refractivity contribution in [3.05, 3.63) is 56.5 Å². The molecule has 96 valence electrons. The van der Waals surface area contributed by atoms with Crippen LogP contribution in [-0.4, -0.2) is 17.0 Å². The Labute approximate surface area is 118 Å². The summed E-state index contributed by atoms with van der Waals surface area (Å²) in [4.78, 5) is 19.4. The highest BCUT2D eigenvalue weighted by Crippen LogP contribution is 2.15. The summed E-state index contributed by atoms with van der Waals surface area (Å²) in [6.07, 6.45) is 0. The van der Waals surface area contributed by atoms with Crippen molar-refractivity contribution in [1.82, 2.24) is 9.97 Å². The molecule has 5 nitrogen and oxygen atoms in total. The Morgan fingerprint density at radius 1 is 1.47 bits per heavy atom. The summed E-state index contributed by atoms with van der Waals surface area (Å²) >= 11 is 3.41. The molecule has 1 aromatic carbocycles. The second-order valence-corrected chi connectivity index (χ2v) is 4.97. The van der Waals surface area contributed by atoms with Crippen LogP contribution in [0.2, 0.25) is 0 Å². The fraction of sp³-hybridized carbons (Fsp3) is 0.154. The van der Waals surface area contributed by atoms with Gasteiger partial charge in [0.05, 0.1) is 0 Å². The van der Waals surface area contributed by atoms with Crippen LogP contribution in [0.3, 0.4) is 0 Å². The van der Waals surface area contributed by atoms with Gasteiger partial charge in [0.1, 0.15) is 17.6 Å². The fourth-order valence-corrected chi connectivity index (χ4v) is 2.14. The van der Waals surface area contributed by atoms with Crippen LogP contribution in [0.1, 0.15) is 11.3 Å². The summed E-state index contributed by atoms with van der Waals surface area (Å²) in [5.74, 6) is 0.472. The maximum atomic E-state index is 11.3. The second-order valence-electron chi connectivity index (χ2n) is 4.06. The van der Waals surface area contributed by atoms with Gasteiger partial charge in [-0.2, -0.15) is 10.2 Å². The van der Waals surface area contributed by atoms with E-state index in [1.807, 2.05) is 42.3 Å². The van der Waals surface area contributed by atoms with E-state index in [9.17, 15) is 4.79 Å². The van der Waals surface area contributed by atoms with Gasteiger partial charge in [-0.3, -0.25) is 4.98 Å². The number of rotatable bonds is 3. The van der Waals surface area contributed by atoms with Gasteiger partial charge in [0.15, 0.2) is 0 Å². The molecular formula is C13H11BrN4O. The van der Waals surface area contributed by atoms with Crippen molar-refractivity contribution in [3.8, 4) is 6.07 Å². The predicted molar refractivity (Wildman–Crippen MR) is 75.8 cm³/mol. The minimum Gasteiger partial charge on any atom is -0.355 e. The number of anilines is 1. The number of halogens is 1. The standard InChI is InChI=1S/C13H11BrN4O/c1-18(8-9-3-2-4-10(14)5-9)12-6-11(7-15)16-13(19)17-12/h2-6H,8H2,1H3,(H,16,17,19). The molecule has 0 spiro atoms. The van der Waals surface area contributed by atoms with E-state index in [4.69, 9.17) is 5.26 Å². The van der Waals surface area contributed by atoms with Crippen LogP contribution in [0.15, 0.2) is 39.6 Å². The third-order valence-corrected chi connectivity index (χ3v) is 3.04. The molecule has 0 unspecified atom stereocenters. The van der Waals surface area contributed by atoms with Crippen molar-refractivity contribution in [2.24, 2.45) is 0 Å². The van der Waals surface area contributed by atoms with Crippen LogP contribution in [0.4, 0.5) is 5.82 Å². The van der Waals surface area contributed by atoms with Gasteiger partial charge in [-0.15, -0.1) is 0 Å². The largest absolute Gasteiger partial charge is 0.355 e. The molecule has 2 rings (SSSR count). The van der Waals surface area contributed by atoms with Crippen LogP contribution < -0.4 is 10.6 Å². The van der Waals surface area contributed by atoms with E-state index in [-0.39, 0.29) is 5.69 Å². The molecule has 0 radical (unpaired) electrons. The Bertz CT molecular complexity index is 690. The molecule has 19 heavy (non-hydrogen) atoms. The number of nitrogens with one attached hydrogen (secondary N) is 1. The number of nitriles is 1. The number of H-pyrrole nitrogens is 1. The van der Waals surface area contributed by atoms with E-state index in [0.717, 1.165) is 10.0 Å². The zero-order chi connectivity index (χ0) is 13.8. The molecule has 6 heteroatoms. The van der Waals surface area contributed by atoms with Crippen LogP contribution in [0.5, 0.6) is 0 Å². The first kappa shape index (κ1) is 13.3. The molecule has 1 N–H and O–H groups in total. The van der Waals surface area contributed by atoms with Crippen molar-refractivity contribution in [2.75, 3.05) is 11.9 Å². The molecular weight excluding hydrogens is 308 g/mol. The Morgan fingerprint density at radius 2 is 2.26 bits per heavy atom. The van der Waals surface area contributed by atoms with E-state index in [1.54, 1.807) is 6.07 Å². The lowest BCUT2D eigenvalue weighted by atomic mass is 10.2. The Balaban J connectivity index is 2.25. The smallest absolute Gasteiger partial charge is 0.347 e. The molecule has 0 aliphatic heterocycles. The van der Waals surface area contributed by atoms with E-state index in [0.29, 0.717) is 12.4 Å². The third kappa shape index (κ3) is 3.42. The van der Waals surface area contributed by atoms with Gasteiger partial charge in [0, 0.05) is 24.1 Å². The van der Waals surface area contributed by atoms with Crippen molar-refractivity contribution in [1.29, 1.82) is 5.26 Å². The van der Waals surface area contributed by atoms with Crippen LogP contribution >= 0.6 is 15.9 Å². The summed E-state index contributed by atoms with van der Waals surface area (Å²) in [5.41, 5.74) is 0.767.